The number of methoxy groups -OCH3 is 2. The number of halogens is 1. The molecule has 9 nitrogen and oxygen atoms in total. The van der Waals surface area contributed by atoms with Gasteiger partial charge in [-0.25, -0.2) is 14.4 Å². The monoisotopic (exact) mass is 490 g/mol. The van der Waals surface area contributed by atoms with Crippen LogP contribution in [-0.2, 0) is 4.79 Å². The lowest BCUT2D eigenvalue weighted by Crippen LogP contribution is -2.55. The lowest BCUT2D eigenvalue weighted by molar-refractivity contribution is -0.112. The van der Waals surface area contributed by atoms with Crippen LogP contribution in [0.15, 0.2) is 59.6 Å². The van der Waals surface area contributed by atoms with Crippen LogP contribution in [0.3, 0.4) is 0 Å². The minimum absolute atomic E-state index is 0.106. The zero-order valence-electron chi connectivity index (χ0n) is 20.1. The van der Waals surface area contributed by atoms with Crippen molar-refractivity contribution in [3.63, 3.8) is 0 Å². The van der Waals surface area contributed by atoms with Crippen molar-refractivity contribution in [3.8, 4) is 22.8 Å². The smallest absolute Gasteiger partial charge is 0.269 e. The van der Waals surface area contributed by atoms with Crippen molar-refractivity contribution < 1.29 is 18.7 Å². The number of aliphatic imine (C=N–C) groups is 1. The predicted octanol–water partition coefficient (Wildman–Crippen LogP) is 2.52. The van der Waals surface area contributed by atoms with E-state index in [1.54, 1.807) is 32.4 Å². The fourth-order valence-corrected chi connectivity index (χ4v) is 4.55. The number of amides is 1. The first kappa shape index (κ1) is 23.7. The number of primary amides is 1. The van der Waals surface area contributed by atoms with Gasteiger partial charge in [0, 0.05) is 37.4 Å². The van der Waals surface area contributed by atoms with Crippen molar-refractivity contribution in [1.29, 1.82) is 0 Å². The molecule has 1 atom stereocenters. The quantitative estimate of drug-likeness (QED) is 0.547. The van der Waals surface area contributed by atoms with Gasteiger partial charge in [0.05, 0.1) is 25.6 Å². The van der Waals surface area contributed by atoms with Crippen LogP contribution in [0, 0.1) is 5.82 Å². The second-order valence-corrected chi connectivity index (χ2v) is 8.45. The van der Waals surface area contributed by atoms with Crippen molar-refractivity contribution >= 4 is 23.0 Å². The summed E-state index contributed by atoms with van der Waals surface area (Å²) in [5, 5.41) is 3.33. The van der Waals surface area contributed by atoms with Gasteiger partial charge >= 0.3 is 0 Å². The van der Waals surface area contributed by atoms with E-state index in [1.165, 1.54) is 12.1 Å². The fraction of sp³-hybridized carbons (Fsp3) is 0.269. The molecule has 1 saturated heterocycles. The summed E-state index contributed by atoms with van der Waals surface area (Å²) in [4.78, 5) is 26.3. The molecule has 2 aromatic carbocycles. The molecule has 0 aliphatic carbocycles. The van der Waals surface area contributed by atoms with Crippen molar-refractivity contribution in [2.45, 2.75) is 6.29 Å². The van der Waals surface area contributed by atoms with E-state index in [0.29, 0.717) is 28.6 Å². The van der Waals surface area contributed by atoms with E-state index in [-0.39, 0.29) is 11.5 Å². The first-order chi connectivity index (χ1) is 17.5. The van der Waals surface area contributed by atoms with E-state index >= 15 is 0 Å². The molecule has 1 aromatic heterocycles. The minimum atomic E-state index is -0.660. The largest absolute Gasteiger partial charge is 0.493 e. The number of piperazine rings is 1. The zero-order chi connectivity index (χ0) is 25.2. The number of hydrogen-bond acceptors (Lipinski definition) is 8. The van der Waals surface area contributed by atoms with Crippen LogP contribution in [0.25, 0.3) is 11.3 Å². The van der Waals surface area contributed by atoms with Gasteiger partial charge in [-0.05, 0) is 54.6 Å². The molecule has 3 aromatic rings. The molecular formula is C26H27FN6O3. The predicted molar refractivity (Wildman–Crippen MR) is 135 cm³/mol. The average molecular weight is 491 g/mol. The number of carbonyl (C=O) groups is 1. The third kappa shape index (κ3) is 4.36. The number of nitrogens with zero attached hydrogens (tertiary/aromatic N) is 4. The average Bonchev–Trinajstić information content (AvgIpc) is 2.92. The molecule has 0 radical (unpaired) electrons. The SMILES string of the molecule is COc1ccc(-c2ccc3c(n2)C(C(N)=O)=NC(N2CCNCC2)N3c2ccc(F)cc2)cc1OC. The molecule has 1 amide bonds. The van der Waals surface area contributed by atoms with Gasteiger partial charge in [0.1, 0.15) is 11.5 Å². The van der Waals surface area contributed by atoms with Crippen LogP contribution in [0.5, 0.6) is 11.5 Å². The Morgan fingerprint density at radius 2 is 1.75 bits per heavy atom. The molecule has 1 unspecified atom stereocenters. The van der Waals surface area contributed by atoms with Crippen molar-refractivity contribution in [1.82, 2.24) is 15.2 Å². The molecule has 3 N–H and O–H groups in total. The molecule has 1 fully saturated rings. The maximum Gasteiger partial charge on any atom is 0.269 e. The Kier molecular flexibility index (Phi) is 6.53. The Balaban J connectivity index is 1.66. The molecule has 0 spiro atoms. The molecule has 186 valence electrons. The van der Waals surface area contributed by atoms with Gasteiger partial charge in [-0.2, -0.15) is 0 Å². The normalized spacial score (nSPS) is 17.8. The molecular weight excluding hydrogens is 463 g/mol. The van der Waals surface area contributed by atoms with Crippen molar-refractivity contribution in [3.05, 3.63) is 66.1 Å². The van der Waals surface area contributed by atoms with E-state index in [2.05, 4.69) is 10.2 Å². The summed E-state index contributed by atoms with van der Waals surface area (Å²) in [7, 11) is 3.14. The second kappa shape index (κ2) is 9.92. The highest BCUT2D eigenvalue weighted by Crippen LogP contribution is 2.38. The Morgan fingerprint density at radius 1 is 1.03 bits per heavy atom. The number of benzene rings is 2. The second-order valence-electron chi connectivity index (χ2n) is 8.45. The molecule has 3 heterocycles. The summed E-state index contributed by atoms with van der Waals surface area (Å²) in [6.45, 7) is 3.03. The van der Waals surface area contributed by atoms with Gasteiger partial charge in [-0.3, -0.25) is 9.69 Å². The maximum absolute atomic E-state index is 13.8. The molecule has 2 aliphatic heterocycles. The standard InChI is InChI=1S/C26H27FN6O3/c1-35-21-10-3-16(15-22(21)36-2)19-8-9-20-23(30-19)24(25(28)34)31-26(32-13-11-29-12-14-32)33(20)18-6-4-17(27)5-7-18/h3-10,15,26,29H,11-14H2,1-2H3,(H2,28,34). The zero-order valence-corrected chi connectivity index (χ0v) is 20.1. The Hall–Kier alpha value is -4.02. The summed E-state index contributed by atoms with van der Waals surface area (Å²) in [5.41, 5.74) is 9.06. The van der Waals surface area contributed by atoms with E-state index in [9.17, 15) is 9.18 Å². The number of pyridine rings is 1. The van der Waals surface area contributed by atoms with Crippen molar-refractivity contribution in [2.75, 3.05) is 45.3 Å². The first-order valence-electron chi connectivity index (χ1n) is 11.6. The number of ether oxygens (including phenoxy) is 2. The van der Waals surface area contributed by atoms with E-state index in [1.807, 2.05) is 29.2 Å². The van der Waals surface area contributed by atoms with Crippen molar-refractivity contribution in [2.24, 2.45) is 10.7 Å². The Labute approximate surface area is 208 Å². The number of fused-ring (bicyclic) bond motifs is 1. The summed E-state index contributed by atoms with van der Waals surface area (Å²) >= 11 is 0. The van der Waals surface area contributed by atoms with Crippen LogP contribution in [-0.4, -0.2) is 68.2 Å². The van der Waals surface area contributed by atoms with Crippen LogP contribution < -0.4 is 25.4 Å². The van der Waals surface area contributed by atoms with E-state index in [4.69, 9.17) is 25.2 Å². The van der Waals surface area contributed by atoms with Crippen LogP contribution >= 0.6 is 0 Å². The molecule has 2 aliphatic rings. The van der Waals surface area contributed by atoms with Gasteiger partial charge in [-0.1, -0.05) is 0 Å². The number of anilines is 2. The van der Waals surface area contributed by atoms with Gasteiger partial charge in [0.15, 0.2) is 23.5 Å². The van der Waals surface area contributed by atoms with Gasteiger partial charge in [0.2, 0.25) is 0 Å². The molecule has 0 bridgehead atoms. The van der Waals surface area contributed by atoms with Gasteiger partial charge in [-0.15, -0.1) is 0 Å². The first-order valence-corrected chi connectivity index (χ1v) is 11.6. The van der Waals surface area contributed by atoms with Gasteiger partial charge in [0.25, 0.3) is 5.91 Å². The third-order valence-corrected chi connectivity index (χ3v) is 6.33. The molecule has 0 saturated carbocycles. The number of nitrogens with one attached hydrogen (secondary N) is 1. The van der Waals surface area contributed by atoms with Crippen LogP contribution in [0.1, 0.15) is 5.69 Å². The highest BCUT2D eigenvalue weighted by molar-refractivity contribution is 6.46. The van der Waals surface area contributed by atoms with E-state index in [0.717, 1.165) is 37.4 Å². The molecule has 10 heteroatoms. The third-order valence-electron chi connectivity index (χ3n) is 6.33. The topological polar surface area (TPSA) is 105 Å². The Bertz CT molecular complexity index is 1310. The summed E-state index contributed by atoms with van der Waals surface area (Å²) in [6.07, 6.45) is -0.527. The number of hydrogen-bond donors (Lipinski definition) is 2. The fourth-order valence-electron chi connectivity index (χ4n) is 4.55. The lowest BCUT2D eigenvalue weighted by Gasteiger charge is -2.43. The number of aromatic nitrogens is 1. The number of nitrogens with two attached hydrogens (primary N) is 1. The molecule has 36 heavy (non-hydrogen) atoms. The van der Waals surface area contributed by atoms with Gasteiger partial charge < -0.3 is 25.4 Å². The lowest BCUT2D eigenvalue weighted by atomic mass is 10.0. The number of carbonyl (C=O) groups excluding carboxylic acids is 1. The Morgan fingerprint density at radius 3 is 2.42 bits per heavy atom. The highest BCUT2D eigenvalue weighted by atomic mass is 19.1. The summed E-state index contributed by atoms with van der Waals surface area (Å²) < 4.78 is 24.5. The number of rotatable bonds is 6. The minimum Gasteiger partial charge on any atom is -0.493 e. The highest BCUT2D eigenvalue weighted by Gasteiger charge is 2.36. The van der Waals surface area contributed by atoms with Crippen LogP contribution in [0.2, 0.25) is 0 Å². The summed E-state index contributed by atoms with van der Waals surface area (Å²) in [5.74, 6) is 0.162. The maximum atomic E-state index is 13.8. The van der Waals surface area contributed by atoms with E-state index < -0.39 is 12.2 Å². The van der Waals surface area contributed by atoms with Crippen LogP contribution in [0.4, 0.5) is 15.8 Å². The molecule has 5 rings (SSSR count). The summed E-state index contributed by atoms with van der Waals surface area (Å²) in [6, 6.07) is 15.4.